The van der Waals surface area contributed by atoms with Gasteiger partial charge in [0, 0.05) is 18.7 Å². The molecule has 2 aromatic rings. The first-order valence-corrected chi connectivity index (χ1v) is 7.35. The minimum atomic E-state index is 0.607. The van der Waals surface area contributed by atoms with E-state index in [-0.39, 0.29) is 0 Å². The molecule has 5 heteroatoms. The highest BCUT2D eigenvalue weighted by Gasteiger charge is 2.15. The summed E-state index contributed by atoms with van der Waals surface area (Å²) >= 11 is 0. The molecule has 0 amide bonds. The van der Waals surface area contributed by atoms with Crippen molar-refractivity contribution < 1.29 is 18.9 Å². The second kappa shape index (κ2) is 8.29. The number of methoxy groups -OCH3 is 4. The Morgan fingerprint density at radius 3 is 2.22 bits per heavy atom. The first-order chi connectivity index (χ1) is 11.2. The average Bonchev–Trinajstić information content (AvgIpc) is 2.61. The molecule has 0 atom stereocenters. The van der Waals surface area contributed by atoms with Gasteiger partial charge in [-0.25, -0.2) is 0 Å². The third kappa shape index (κ3) is 4.07. The predicted molar refractivity (Wildman–Crippen MR) is 89.6 cm³/mol. The minimum Gasteiger partial charge on any atom is -0.497 e. The molecule has 2 aromatic carbocycles. The van der Waals surface area contributed by atoms with E-state index in [9.17, 15) is 0 Å². The molecule has 23 heavy (non-hydrogen) atoms. The van der Waals surface area contributed by atoms with Crippen molar-refractivity contribution >= 4 is 0 Å². The van der Waals surface area contributed by atoms with Crippen molar-refractivity contribution in [3.63, 3.8) is 0 Å². The molecule has 1 N–H and O–H groups in total. The van der Waals surface area contributed by atoms with Crippen LogP contribution in [0.2, 0.25) is 0 Å². The van der Waals surface area contributed by atoms with E-state index in [2.05, 4.69) is 11.4 Å². The summed E-state index contributed by atoms with van der Waals surface area (Å²) in [5.41, 5.74) is 2.16. The SMILES string of the molecule is COc1cccc(CNCc2ccc(OC)c(OC)c2OC)c1. The fourth-order valence-electron chi connectivity index (χ4n) is 2.43. The van der Waals surface area contributed by atoms with Crippen molar-refractivity contribution in [1.29, 1.82) is 0 Å². The first-order valence-electron chi connectivity index (χ1n) is 7.35. The van der Waals surface area contributed by atoms with Crippen LogP contribution in [0.25, 0.3) is 0 Å². The Morgan fingerprint density at radius 1 is 0.783 bits per heavy atom. The Morgan fingerprint density at radius 2 is 1.57 bits per heavy atom. The zero-order valence-electron chi connectivity index (χ0n) is 14.0. The maximum atomic E-state index is 5.48. The molecule has 0 aromatic heterocycles. The molecule has 2 rings (SSSR count). The average molecular weight is 317 g/mol. The van der Waals surface area contributed by atoms with Gasteiger partial charge in [-0.2, -0.15) is 0 Å². The molecular weight excluding hydrogens is 294 g/mol. The van der Waals surface area contributed by atoms with Crippen LogP contribution in [-0.4, -0.2) is 28.4 Å². The van der Waals surface area contributed by atoms with Gasteiger partial charge in [0.25, 0.3) is 0 Å². The summed E-state index contributed by atoms with van der Waals surface area (Å²) in [5, 5.41) is 3.40. The number of hydrogen-bond donors (Lipinski definition) is 1. The highest BCUT2D eigenvalue weighted by Crippen LogP contribution is 2.39. The number of hydrogen-bond acceptors (Lipinski definition) is 5. The van der Waals surface area contributed by atoms with Crippen LogP contribution < -0.4 is 24.3 Å². The summed E-state index contributed by atoms with van der Waals surface area (Å²) in [6.07, 6.45) is 0. The molecule has 0 unspecified atom stereocenters. The van der Waals surface area contributed by atoms with E-state index in [4.69, 9.17) is 18.9 Å². The van der Waals surface area contributed by atoms with E-state index < -0.39 is 0 Å². The highest BCUT2D eigenvalue weighted by molar-refractivity contribution is 5.55. The second-order valence-electron chi connectivity index (χ2n) is 4.95. The molecule has 124 valence electrons. The van der Waals surface area contributed by atoms with Gasteiger partial charge in [-0.05, 0) is 23.8 Å². The van der Waals surface area contributed by atoms with Crippen LogP contribution in [0.1, 0.15) is 11.1 Å². The highest BCUT2D eigenvalue weighted by atomic mass is 16.5. The molecule has 0 spiro atoms. The Bertz CT molecular complexity index is 643. The van der Waals surface area contributed by atoms with Gasteiger partial charge >= 0.3 is 0 Å². The van der Waals surface area contributed by atoms with Crippen LogP contribution in [0.5, 0.6) is 23.0 Å². The van der Waals surface area contributed by atoms with Gasteiger partial charge in [0.1, 0.15) is 5.75 Å². The third-order valence-corrected chi connectivity index (χ3v) is 3.56. The zero-order valence-corrected chi connectivity index (χ0v) is 14.0. The standard InChI is InChI=1S/C18H23NO4/c1-20-15-7-5-6-13(10-15)11-19-12-14-8-9-16(21-2)18(23-4)17(14)22-3/h5-10,19H,11-12H2,1-4H3. The van der Waals surface area contributed by atoms with Gasteiger partial charge in [0.05, 0.1) is 28.4 Å². The zero-order chi connectivity index (χ0) is 16.7. The lowest BCUT2D eigenvalue weighted by molar-refractivity contribution is 0.321. The lowest BCUT2D eigenvalue weighted by atomic mass is 10.1. The van der Waals surface area contributed by atoms with Crippen molar-refractivity contribution in [3.8, 4) is 23.0 Å². The van der Waals surface area contributed by atoms with Crippen LogP contribution in [0, 0.1) is 0 Å². The number of benzene rings is 2. The van der Waals surface area contributed by atoms with E-state index in [1.165, 1.54) is 0 Å². The van der Waals surface area contributed by atoms with Crippen molar-refractivity contribution in [2.45, 2.75) is 13.1 Å². The van der Waals surface area contributed by atoms with Crippen LogP contribution in [-0.2, 0) is 13.1 Å². The molecule has 0 aliphatic heterocycles. The Kier molecular flexibility index (Phi) is 6.11. The fourth-order valence-corrected chi connectivity index (χ4v) is 2.43. The van der Waals surface area contributed by atoms with Gasteiger partial charge in [-0.1, -0.05) is 18.2 Å². The van der Waals surface area contributed by atoms with E-state index in [1.54, 1.807) is 28.4 Å². The second-order valence-corrected chi connectivity index (χ2v) is 4.95. The summed E-state index contributed by atoms with van der Waals surface area (Å²) in [5.74, 6) is 2.80. The summed E-state index contributed by atoms with van der Waals surface area (Å²) in [6.45, 7) is 1.38. The molecule has 0 saturated heterocycles. The smallest absolute Gasteiger partial charge is 0.203 e. The lowest BCUT2D eigenvalue weighted by Crippen LogP contribution is -2.14. The molecule has 0 aliphatic carbocycles. The van der Waals surface area contributed by atoms with Crippen molar-refractivity contribution in [2.75, 3.05) is 28.4 Å². The van der Waals surface area contributed by atoms with E-state index in [0.717, 1.165) is 23.4 Å². The molecule has 0 saturated carbocycles. The van der Waals surface area contributed by atoms with Crippen molar-refractivity contribution in [2.24, 2.45) is 0 Å². The molecule has 0 radical (unpaired) electrons. The van der Waals surface area contributed by atoms with Crippen LogP contribution in [0.3, 0.4) is 0 Å². The van der Waals surface area contributed by atoms with Crippen LogP contribution in [0.15, 0.2) is 36.4 Å². The largest absolute Gasteiger partial charge is 0.497 e. The summed E-state index contributed by atoms with van der Waals surface area (Å²) in [4.78, 5) is 0. The quantitative estimate of drug-likeness (QED) is 0.811. The Hall–Kier alpha value is -2.40. The van der Waals surface area contributed by atoms with Crippen molar-refractivity contribution in [3.05, 3.63) is 47.5 Å². The van der Waals surface area contributed by atoms with E-state index in [0.29, 0.717) is 23.8 Å². The molecule has 0 bridgehead atoms. The maximum absolute atomic E-state index is 5.48. The number of ether oxygens (including phenoxy) is 4. The number of nitrogens with one attached hydrogen (secondary N) is 1. The molecule has 0 aliphatic rings. The molecule has 5 nitrogen and oxygen atoms in total. The Balaban J connectivity index is 2.08. The van der Waals surface area contributed by atoms with Gasteiger partial charge in [-0.15, -0.1) is 0 Å². The molecule has 0 fully saturated rings. The normalized spacial score (nSPS) is 10.3. The van der Waals surface area contributed by atoms with Crippen molar-refractivity contribution in [1.82, 2.24) is 5.32 Å². The van der Waals surface area contributed by atoms with Crippen LogP contribution in [0.4, 0.5) is 0 Å². The Labute approximate surface area is 137 Å². The van der Waals surface area contributed by atoms with Crippen LogP contribution >= 0.6 is 0 Å². The van der Waals surface area contributed by atoms with Gasteiger partial charge in [0.15, 0.2) is 11.5 Å². The lowest BCUT2D eigenvalue weighted by Gasteiger charge is -2.16. The minimum absolute atomic E-state index is 0.607. The van der Waals surface area contributed by atoms with Gasteiger partial charge in [-0.3, -0.25) is 0 Å². The monoisotopic (exact) mass is 317 g/mol. The summed E-state index contributed by atoms with van der Waals surface area (Å²) in [6, 6.07) is 11.8. The maximum Gasteiger partial charge on any atom is 0.203 e. The van der Waals surface area contributed by atoms with E-state index in [1.807, 2.05) is 30.3 Å². The summed E-state index contributed by atoms with van der Waals surface area (Å²) in [7, 11) is 6.51. The van der Waals surface area contributed by atoms with E-state index >= 15 is 0 Å². The van der Waals surface area contributed by atoms with Gasteiger partial charge < -0.3 is 24.3 Å². The number of rotatable bonds is 8. The predicted octanol–water partition coefficient (Wildman–Crippen LogP) is 3.01. The van der Waals surface area contributed by atoms with Gasteiger partial charge in [0.2, 0.25) is 5.75 Å². The fraction of sp³-hybridized carbons (Fsp3) is 0.333. The molecule has 0 heterocycles. The first kappa shape index (κ1) is 17.0. The topological polar surface area (TPSA) is 49.0 Å². The molecular formula is C18H23NO4. The summed E-state index contributed by atoms with van der Waals surface area (Å²) < 4.78 is 21.4. The third-order valence-electron chi connectivity index (χ3n) is 3.56.